The van der Waals surface area contributed by atoms with Crippen molar-refractivity contribution in [3.8, 4) is 0 Å². The zero-order valence-corrected chi connectivity index (χ0v) is 13.8. The Balaban J connectivity index is 1.84. The Hall–Kier alpha value is -1.59. The smallest absolute Gasteiger partial charge is 0.407 e. The largest absolute Gasteiger partial charge is 0.444 e. The summed E-state index contributed by atoms with van der Waals surface area (Å²) in [4.78, 5) is 11.7. The number of hydrogen-bond acceptors (Lipinski definition) is 4. The van der Waals surface area contributed by atoms with Gasteiger partial charge in [0.2, 0.25) is 0 Å². The van der Waals surface area contributed by atoms with Gasteiger partial charge in [0.15, 0.2) is 0 Å². The molecule has 0 saturated carbocycles. The average molecular weight is 305 g/mol. The fraction of sp³-hybridized carbons (Fsp3) is 0.588. The molecule has 5 heteroatoms. The molecule has 1 amide bonds. The lowest BCUT2D eigenvalue weighted by Crippen LogP contribution is -2.42. The molecule has 1 aliphatic carbocycles. The minimum absolute atomic E-state index is 0.0831. The van der Waals surface area contributed by atoms with Crippen LogP contribution in [0.2, 0.25) is 0 Å². The van der Waals surface area contributed by atoms with E-state index in [0.29, 0.717) is 6.54 Å². The van der Waals surface area contributed by atoms with Gasteiger partial charge in [0, 0.05) is 24.7 Å². The van der Waals surface area contributed by atoms with Crippen molar-refractivity contribution in [3.63, 3.8) is 0 Å². The quantitative estimate of drug-likeness (QED) is 0.799. The van der Waals surface area contributed by atoms with E-state index in [1.54, 1.807) is 0 Å². The summed E-state index contributed by atoms with van der Waals surface area (Å²) in [7, 11) is 0. The van der Waals surface area contributed by atoms with Crippen LogP contribution in [0, 0.1) is 0 Å². The number of carbonyl (C=O) groups excluding carboxylic acids is 1. The molecule has 1 aromatic carbocycles. The summed E-state index contributed by atoms with van der Waals surface area (Å²) >= 11 is 0. The molecule has 3 unspecified atom stereocenters. The Labute approximate surface area is 132 Å². The molecule has 0 fully saturated rings. The van der Waals surface area contributed by atoms with Crippen molar-refractivity contribution in [2.75, 3.05) is 6.54 Å². The number of rotatable bonds is 4. The molecule has 122 valence electrons. The number of hydrogen-bond donors (Lipinski definition) is 3. The Kier molecular flexibility index (Phi) is 5.08. The van der Waals surface area contributed by atoms with E-state index in [1.807, 2.05) is 39.8 Å². The third-order valence-corrected chi connectivity index (χ3v) is 3.70. The molecule has 2 rings (SSSR count). The zero-order valence-electron chi connectivity index (χ0n) is 13.8. The van der Waals surface area contributed by atoms with Gasteiger partial charge in [-0.15, -0.1) is 0 Å². The Morgan fingerprint density at radius 2 is 2.00 bits per heavy atom. The highest BCUT2D eigenvalue weighted by Gasteiger charge is 2.28. The van der Waals surface area contributed by atoms with Crippen molar-refractivity contribution < 1.29 is 9.53 Å². The average Bonchev–Trinajstić information content (AvgIpc) is 2.72. The van der Waals surface area contributed by atoms with Crippen molar-refractivity contribution in [2.24, 2.45) is 5.73 Å². The number of nitrogens with one attached hydrogen (secondary N) is 2. The summed E-state index contributed by atoms with van der Waals surface area (Å²) < 4.78 is 5.23. The van der Waals surface area contributed by atoms with Crippen LogP contribution in [0.4, 0.5) is 4.79 Å². The second kappa shape index (κ2) is 6.67. The first-order valence-corrected chi connectivity index (χ1v) is 7.83. The molecule has 1 aromatic rings. The second-order valence-electron chi connectivity index (χ2n) is 6.97. The van der Waals surface area contributed by atoms with Crippen LogP contribution in [-0.2, 0) is 4.74 Å². The lowest BCUT2D eigenvalue weighted by molar-refractivity contribution is 0.0522. The van der Waals surface area contributed by atoms with Crippen LogP contribution < -0.4 is 16.4 Å². The van der Waals surface area contributed by atoms with Gasteiger partial charge in [-0.2, -0.15) is 0 Å². The number of amides is 1. The van der Waals surface area contributed by atoms with Gasteiger partial charge in [0.05, 0.1) is 0 Å². The summed E-state index contributed by atoms with van der Waals surface area (Å²) in [5.74, 6) is 0. The van der Waals surface area contributed by atoms with Crippen molar-refractivity contribution >= 4 is 6.09 Å². The topological polar surface area (TPSA) is 76.4 Å². The first kappa shape index (κ1) is 16.8. The lowest BCUT2D eigenvalue weighted by Gasteiger charge is -2.23. The highest BCUT2D eigenvalue weighted by Crippen LogP contribution is 2.37. The maximum absolute atomic E-state index is 11.7. The molecule has 4 N–H and O–H groups in total. The summed E-state index contributed by atoms with van der Waals surface area (Å²) in [5.41, 5.74) is 8.18. The van der Waals surface area contributed by atoms with E-state index in [2.05, 4.69) is 22.8 Å². The second-order valence-corrected chi connectivity index (χ2v) is 6.97. The molecular weight excluding hydrogens is 278 g/mol. The van der Waals surface area contributed by atoms with Gasteiger partial charge in [-0.3, -0.25) is 0 Å². The minimum atomic E-state index is -0.474. The van der Waals surface area contributed by atoms with Crippen LogP contribution in [0.25, 0.3) is 0 Å². The summed E-state index contributed by atoms with van der Waals surface area (Å²) in [6, 6.07) is 8.72. The normalized spacial score (nSPS) is 22.0. The van der Waals surface area contributed by atoms with E-state index in [-0.39, 0.29) is 24.2 Å². The van der Waals surface area contributed by atoms with E-state index < -0.39 is 5.60 Å². The molecule has 1 aliphatic rings. The molecule has 0 aliphatic heterocycles. The Bertz CT molecular complexity index is 525. The van der Waals surface area contributed by atoms with Crippen molar-refractivity contribution in [3.05, 3.63) is 35.4 Å². The van der Waals surface area contributed by atoms with Gasteiger partial charge in [-0.05, 0) is 45.2 Å². The molecule has 0 spiro atoms. The maximum Gasteiger partial charge on any atom is 0.407 e. The van der Waals surface area contributed by atoms with Gasteiger partial charge < -0.3 is 21.1 Å². The molecule has 0 bridgehead atoms. The SMILES string of the molecule is CC(CNC(=O)OC(C)(C)C)NC1CC(N)c2ccccc21. The lowest BCUT2D eigenvalue weighted by atomic mass is 10.1. The van der Waals surface area contributed by atoms with E-state index in [0.717, 1.165) is 6.42 Å². The molecule has 0 saturated heterocycles. The fourth-order valence-corrected chi connectivity index (χ4v) is 2.78. The Morgan fingerprint density at radius 3 is 2.64 bits per heavy atom. The third-order valence-electron chi connectivity index (χ3n) is 3.70. The van der Waals surface area contributed by atoms with Crippen LogP contribution in [0.15, 0.2) is 24.3 Å². The standard InChI is InChI=1S/C17H27N3O2/c1-11(10-19-16(21)22-17(2,3)4)20-15-9-14(18)12-7-5-6-8-13(12)15/h5-8,11,14-15,20H,9-10,18H2,1-4H3,(H,19,21). The molecule has 5 nitrogen and oxygen atoms in total. The predicted octanol–water partition coefficient (Wildman–Crippen LogP) is 2.63. The number of nitrogens with two attached hydrogens (primary N) is 1. The molecule has 0 heterocycles. The zero-order chi connectivity index (χ0) is 16.3. The van der Waals surface area contributed by atoms with Crippen molar-refractivity contribution in [1.29, 1.82) is 0 Å². The van der Waals surface area contributed by atoms with E-state index >= 15 is 0 Å². The molecule has 3 atom stereocenters. The first-order valence-electron chi connectivity index (χ1n) is 7.83. The monoisotopic (exact) mass is 305 g/mol. The highest BCUT2D eigenvalue weighted by molar-refractivity contribution is 5.67. The molecule has 22 heavy (non-hydrogen) atoms. The van der Waals surface area contributed by atoms with E-state index in [4.69, 9.17) is 10.5 Å². The van der Waals surface area contributed by atoms with Crippen LogP contribution in [0.5, 0.6) is 0 Å². The summed E-state index contributed by atoms with van der Waals surface area (Å²) in [6.07, 6.45) is 0.500. The van der Waals surface area contributed by atoms with Crippen LogP contribution in [-0.4, -0.2) is 24.3 Å². The molecular formula is C17H27N3O2. The van der Waals surface area contributed by atoms with Crippen molar-refractivity contribution in [2.45, 2.75) is 57.8 Å². The fourth-order valence-electron chi connectivity index (χ4n) is 2.78. The molecule has 0 aromatic heterocycles. The Morgan fingerprint density at radius 1 is 1.36 bits per heavy atom. The summed E-state index contributed by atoms with van der Waals surface area (Å²) in [5, 5.41) is 6.33. The minimum Gasteiger partial charge on any atom is -0.444 e. The third kappa shape index (κ3) is 4.45. The number of fused-ring (bicyclic) bond motifs is 1. The number of alkyl carbamates (subject to hydrolysis) is 1. The molecule has 0 radical (unpaired) electrons. The predicted molar refractivity (Wildman–Crippen MR) is 87.6 cm³/mol. The van der Waals surface area contributed by atoms with Crippen LogP contribution >= 0.6 is 0 Å². The highest BCUT2D eigenvalue weighted by atomic mass is 16.6. The number of ether oxygens (including phenoxy) is 1. The van der Waals surface area contributed by atoms with Gasteiger partial charge in [-0.1, -0.05) is 24.3 Å². The van der Waals surface area contributed by atoms with Crippen LogP contribution in [0.3, 0.4) is 0 Å². The van der Waals surface area contributed by atoms with Gasteiger partial charge >= 0.3 is 6.09 Å². The van der Waals surface area contributed by atoms with Gasteiger partial charge in [-0.25, -0.2) is 4.79 Å². The summed E-state index contributed by atoms with van der Waals surface area (Å²) in [6.45, 7) is 8.12. The van der Waals surface area contributed by atoms with E-state index in [9.17, 15) is 4.79 Å². The maximum atomic E-state index is 11.7. The van der Waals surface area contributed by atoms with Gasteiger partial charge in [0.1, 0.15) is 5.60 Å². The van der Waals surface area contributed by atoms with E-state index in [1.165, 1.54) is 11.1 Å². The van der Waals surface area contributed by atoms with Gasteiger partial charge in [0.25, 0.3) is 0 Å². The van der Waals surface area contributed by atoms with Crippen LogP contribution in [0.1, 0.15) is 57.3 Å². The first-order chi connectivity index (χ1) is 10.3. The number of carbonyl (C=O) groups is 1. The number of benzene rings is 1. The van der Waals surface area contributed by atoms with Crippen molar-refractivity contribution in [1.82, 2.24) is 10.6 Å².